The first kappa shape index (κ1) is 12.6. The first-order valence-electron chi connectivity index (χ1n) is 5.08. The third-order valence-electron chi connectivity index (χ3n) is 2.51. The SMILES string of the molecule is CC(CC(O)CO)c1ccc([N+](=O)[O-])cc1. The lowest BCUT2D eigenvalue weighted by atomic mass is 9.95. The summed E-state index contributed by atoms with van der Waals surface area (Å²) >= 11 is 0. The summed E-state index contributed by atoms with van der Waals surface area (Å²) in [5.41, 5.74) is 0.969. The number of nitrogens with zero attached hydrogens (tertiary/aromatic N) is 1. The minimum atomic E-state index is -0.745. The highest BCUT2D eigenvalue weighted by Gasteiger charge is 2.12. The van der Waals surface area contributed by atoms with Crippen LogP contribution >= 0.6 is 0 Å². The summed E-state index contributed by atoms with van der Waals surface area (Å²) < 4.78 is 0. The second-order valence-electron chi connectivity index (χ2n) is 3.82. The second kappa shape index (κ2) is 5.58. The van der Waals surface area contributed by atoms with Gasteiger partial charge in [0, 0.05) is 12.1 Å². The van der Waals surface area contributed by atoms with E-state index in [1.807, 2.05) is 6.92 Å². The number of nitro groups is 1. The molecule has 0 bridgehead atoms. The van der Waals surface area contributed by atoms with Gasteiger partial charge in [0.25, 0.3) is 5.69 Å². The Morgan fingerprint density at radius 2 is 1.94 bits per heavy atom. The molecule has 0 aliphatic rings. The van der Waals surface area contributed by atoms with Crippen molar-refractivity contribution in [3.05, 3.63) is 39.9 Å². The molecule has 0 saturated heterocycles. The van der Waals surface area contributed by atoms with Crippen molar-refractivity contribution in [2.45, 2.75) is 25.4 Å². The van der Waals surface area contributed by atoms with Gasteiger partial charge in [0.2, 0.25) is 0 Å². The summed E-state index contributed by atoms with van der Waals surface area (Å²) in [5, 5.41) is 28.4. The maximum Gasteiger partial charge on any atom is 0.269 e. The zero-order valence-corrected chi connectivity index (χ0v) is 9.04. The van der Waals surface area contributed by atoms with E-state index in [0.29, 0.717) is 6.42 Å². The molecule has 0 radical (unpaired) electrons. The molecule has 2 atom stereocenters. The van der Waals surface area contributed by atoms with Gasteiger partial charge in [0.1, 0.15) is 0 Å². The van der Waals surface area contributed by atoms with Crippen molar-refractivity contribution >= 4 is 5.69 Å². The smallest absolute Gasteiger partial charge is 0.269 e. The lowest BCUT2D eigenvalue weighted by Crippen LogP contribution is -2.14. The van der Waals surface area contributed by atoms with Crippen molar-refractivity contribution < 1.29 is 15.1 Å². The van der Waals surface area contributed by atoms with E-state index in [-0.39, 0.29) is 18.2 Å². The molecule has 1 aromatic rings. The van der Waals surface area contributed by atoms with Crippen molar-refractivity contribution in [3.63, 3.8) is 0 Å². The molecule has 2 unspecified atom stereocenters. The average molecular weight is 225 g/mol. The van der Waals surface area contributed by atoms with Crippen LogP contribution in [-0.2, 0) is 0 Å². The summed E-state index contributed by atoms with van der Waals surface area (Å²) in [4.78, 5) is 9.99. The molecule has 0 aliphatic heterocycles. The molecule has 0 fully saturated rings. The number of hydrogen-bond donors (Lipinski definition) is 2. The van der Waals surface area contributed by atoms with Gasteiger partial charge in [0.05, 0.1) is 17.6 Å². The van der Waals surface area contributed by atoms with Gasteiger partial charge in [-0.2, -0.15) is 0 Å². The van der Waals surface area contributed by atoms with Crippen molar-refractivity contribution in [2.24, 2.45) is 0 Å². The van der Waals surface area contributed by atoms with Crippen LogP contribution < -0.4 is 0 Å². The first-order chi connectivity index (χ1) is 7.54. The number of rotatable bonds is 5. The third kappa shape index (κ3) is 3.29. The van der Waals surface area contributed by atoms with Crippen LogP contribution in [0.1, 0.15) is 24.8 Å². The topological polar surface area (TPSA) is 83.6 Å². The van der Waals surface area contributed by atoms with E-state index in [4.69, 9.17) is 5.11 Å². The van der Waals surface area contributed by atoms with Crippen LogP contribution in [0.5, 0.6) is 0 Å². The van der Waals surface area contributed by atoms with Crippen LogP contribution in [-0.4, -0.2) is 27.8 Å². The number of aliphatic hydroxyl groups is 2. The first-order valence-corrected chi connectivity index (χ1v) is 5.08. The van der Waals surface area contributed by atoms with Crippen LogP contribution in [0.25, 0.3) is 0 Å². The molecule has 16 heavy (non-hydrogen) atoms. The number of nitro benzene ring substituents is 1. The Balaban J connectivity index is 2.70. The fourth-order valence-corrected chi connectivity index (χ4v) is 1.54. The summed E-state index contributed by atoms with van der Waals surface area (Å²) in [5.74, 6) is 0.0583. The van der Waals surface area contributed by atoms with Crippen LogP contribution in [0.4, 0.5) is 5.69 Å². The fourth-order valence-electron chi connectivity index (χ4n) is 1.54. The van der Waals surface area contributed by atoms with Gasteiger partial charge in [-0.1, -0.05) is 19.1 Å². The zero-order chi connectivity index (χ0) is 12.1. The van der Waals surface area contributed by atoms with Gasteiger partial charge < -0.3 is 10.2 Å². The molecular formula is C11H15NO4. The van der Waals surface area contributed by atoms with Crippen LogP contribution in [0.2, 0.25) is 0 Å². The van der Waals surface area contributed by atoms with E-state index >= 15 is 0 Å². The molecule has 0 spiro atoms. The molecule has 5 nitrogen and oxygen atoms in total. The molecule has 0 amide bonds. The van der Waals surface area contributed by atoms with E-state index in [9.17, 15) is 15.2 Å². The summed E-state index contributed by atoms with van der Waals surface area (Å²) in [6.07, 6.45) is -0.306. The highest BCUT2D eigenvalue weighted by Crippen LogP contribution is 2.22. The Kier molecular flexibility index (Phi) is 4.39. The maximum absolute atomic E-state index is 10.4. The predicted octanol–water partition coefficient (Wildman–Crippen LogP) is 1.44. The largest absolute Gasteiger partial charge is 0.394 e. The lowest BCUT2D eigenvalue weighted by Gasteiger charge is -2.14. The molecule has 0 aliphatic carbocycles. The van der Waals surface area contributed by atoms with E-state index in [1.54, 1.807) is 12.1 Å². The van der Waals surface area contributed by atoms with Gasteiger partial charge in [-0.15, -0.1) is 0 Å². The molecule has 1 aromatic carbocycles. The molecule has 0 heterocycles. The van der Waals surface area contributed by atoms with Crippen molar-refractivity contribution in [1.82, 2.24) is 0 Å². The lowest BCUT2D eigenvalue weighted by molar-refractivity contribution is -0.384. The fraction of sp³-hybridized carbons (Fsp3) is 0.455. The summed E-state index contributed by atoms with van der Waals surface area (Å²) in [6.45, 7) is 1.64. The molecule has 0 saturated carbocycles. The van der Waals surface area contributed by atoms with Gasteiger partial charge >= 0.3 is 0 Å². The quantitative estimate of drug-likeness (QED) is 0.586. The predicted molar refractivity (Wildman–Crippen MR) is 59.2 cm³/mol. The Bertz CT molecular complexity index is 350. The van der Waals surface area contributed by atoms with E-state index in [0.717, 1.165) is 5.56 Å². The highest BCUT2D eigenvalue weighted by molar-refractivity contribution is 5.34. The highest BCUT2D eigenvalue weighted by atomic mass is 16.6. The van der Waals surface area contributed by atoms with E-state index < -0.39 is 11.0 Å². The molecule has 5 heteroatoms. The standard InChI is InChI=1S/C11H15NO4/c1-8(6-11(14)7-13)9-2-4-10(5-3-9)12(15)16/h2-5,8,11,13-14H,6-7H2,1H3. The Morgan fingerprint density at radius 3 is 2.38 bits per heavy atom. The van der Waals surface area contributed by atoms with Gasteiger partial charge in [-0.05, 0) is 17.9 Å². The monoisotopic (exact) mass is 225 g/mol. The van der Waals surface area contributed by atoms with Crippen LogP contribution in [0.3, 0.4) is 0 Å². The summed E-state index contributed by atoms with van der Waals surface area (Å²) in [7, 11) is 0. The molecule has 88 valence electrons. The molecular weight excluding hydrogens is 210 g/mol. The number of hydrogen-bond acceptors (Lipinski definition) is 4. The third-order valence-corrected chi connectivity index (χ3v) is 2.51. The van der Waals surface area contributed by atoms with E-state index in [1.165, 1.54) is 12.1 Å². The van der Waals surface area contributed by atoms with Crippen molar-refractivity contribution in [3.8, 4) is 0 Å². The molecule has 1 rings (SSSR count). The molecule has 0 aromatic heterocycles. The Hall–Kier alpha value is -1.46. The van der Waals surface area contributed by atoms with Crippen molar-refractivity contribution in [2.75, 3.05) is 6.61 Å². The normalized spacial score (nSPS) is 14.4. The zero-order valence-electron chi connectivity index (χ0n) is 9.04. The van der Waals surface area contributed by atoms with Crippen LogP contribution in [0, 0.1) is 10.1 Å². The summed E-state index contributed by atoms with van der Waals surface area (Å²) in [6, 6.07) is 6.23. The molecule has 2 N–H and O–H groups in total. The van der Waals surface area contributed by atoms with E-state index in [2.05, 4.69) is 0 Å². The van der Waals surface area contributed by atoms with Crippen LogP contribution in [0.15, 0.2) is 24.3 Å². The second-order valence-corrected chi connectivity index (χ2v) is 3.82. The minimum absolute atomic E-state index is 0.0543. The average Bonchev–Trinajstić information content (AvgIpc) is 2.28. The number of benzene rings is 1. The minimum Gasteiger partial charge on any atom is -0.394 e. The maximum atomic E-state index is 10.4. The number of aliphatic hydroxyl groups excluding tert-OH is 2. The Morgan fingerprint density at radius 1 is 1.38 bits per heavy atom. The van der Waals surface area contributed by atoms with Gasteiger partial charge in [0.15, 0.2) is 0 Å². The van der Waals surface area contributed by atoms with Crippen molar-refractivity contribution in [1.29, 1.82) is 0 Å². The number of non-ortho nitro benzene ring substituents is 1. The van der Waals surface area contributed by atoms with Gasteiger partial charge in [-0.3, -0.25) is 10.1 Å². The van der Waals surface area contributed by atoms with Gasteiger partial charge in [-0.25, -0.2) is 0 Å². The Labute approximate surface area is 93.5 Å².